The third kappa shape index (κ3) is 2.88. The molecule has 0 spiro atoms. The Morgan fingerprint density at radius 3 is 2.80 bits per heavy atom. The zero-order valence-corrected chi connectivity index (χ0v) is 11.9. The van der Waals surface area contributed by atoms with Crippen LogP contribution in [0, 0.1) is 0 Å². The molecule has 0 unspecified atom stereocenters. The number of nitrogens with zero attached hydrogens (tertiary/aromatic N) is 2. The molecule has 0 aliphatic rings. The van der Waals surface area contributed by atoms with E-state index in [1.54, 1.807) is 20.0 Å². The van der Waals surface area contributed by atoms with Gasteiger partial charge in [0.25, 0.3) is 0 Å². The highest BCUT2D eigenvalue weighted by Crippen LogP contribution is 2.26. The smallest absolute Gasteiger partial charge is 0.343 e. The summed E-state index contributed by atoms with van der Waals surface area (Å²) >= 11 is 6.11. The minimum Gasteiger partial charge on any atom is -0.462 e. The summed E-state index contributed by atoms with van der Waals surface area (Å²) in [4.78, 5) is 20.3. The Labute approximate surface area is 122 Å². The molecule has 1 aromatic carbocycles. The lowest BCUT2D eigenvalue weighted by atomic mass is 10.2. The first kappa shape index (κ1) is 14.3. The maximum Gasteiger partial charge on any atom is 0.343 e. The maximum atomic E-state index is 11.8. The Bertz CT molecular complexity index is 632. The summed E-state index contributed by atoms with van der Waals surface area (Å²) in [5.41, 5.74) is 1.01. The summed E-state index contributed by atoms with van der Waals surface area (Å²) in [5.74, 6) is 0.406. The van der Waals surface area contributed by atoms with E-state index in [4.69, 9.17) is 16.3 Å². The third-order valence-corrected chi connectivity index (χ3v) is 2.97. The van der Waals surface area contributed by atoms with Gasteiger partial charge in [0.2, 0.25) is 0 Å². The zero-order valence-electron chi connectivity index (χ0n) is 11.2. The molecule has 104 valence electrons. The van der Waals surface area contributed by atoms with Crippen molar-refractivity contribution >= 4 is 23.4 Å². The van der Waals surface area contributed by atoms with E-state index in [0.717, 1.165) is 0 Å². The summed E-state index contributed by atoms with van der Waals surface area (Å²) in [5, 5.41) is 3.42. The number of anilines is 1. The van der Waals surface area contributed by atoms with Crippen molar-refractivity contribution in [3.8, 4) is 11.4 Å². The fourth-order valence-electron chi connectivity index (χ4n) is 1.70. The number of aromatic nitrogens is 2. The van der Waals surface area contributed by atoms with E-state index in [9.17, 15) is 4.79 Å². The van der Waals surface area contributed by atoms with Crippen molar-refractivity contribution in [2.75, 3.05) is 19.0 Å². The second-order valence-electron chi connectivity index (χ2n) is 3.91. The maximum absolute atomic E-state index is 11.8. The van der Waals surface area contributed by atoms with Gasteiger partial charge in [0.1, 0.15) is 11.4 Å². The number of benzene rings is 1. The van der Waals surface area contributed by atoms with E-state index in [1.165, 1.54) is 6.20 Å². The molecule has 0 saturated carbocycles. The number of nitrogens with one attached hydrogen (secondary N) is 1. The molecule has 5 nitrogen and oxygen atoms in total. The number of esters is 1. The largest absolute Gasteiger partial charge is 0.462 e. The second-order valence-corrected chi connectivity index (χ2v) is 4.31. The lowest BCUT2D eigenvalue weighted by Gasteiger charge is -2.09. The molecule has 1 aromatic heterocycles. The van der Waals surface area contributed by atoms with E-state index < -0.39 is 5.97 Å². The molecule has 0 radical (unpaired) electrons. The van der Waals surface area contributed by atoms with Gasteiger partial charge in [-0.2, -0.15) is 0 Å². The van der Waals surface area contributed by atoms with Gasteiger partial charge in [0.15, 0.2) is 5.82 Å². The molecule has 2 rings (SSSR count). The van der Waals surface area contributed by atoms with E-state index in [2.05, 4.69) is 15.3 Å². The van der Waals surface area contributed by atoms with Gasteiger partial charge in [-0.3, -0.25) is 0 Å². The Hall–Kier alpha value is -2.14. The van der Waals surface area contributed by atoms with Crippen LogP contribution in [0.4, 0.5) is 5.82 Å². The van der Waals surface area contributed by atoms with E-state index in [-0.39, 0.29) is 0 Å². The summed E-state index contributed by atoms with van der Waals surface area (Å²) < 4.78 is 4.95. The fraction of sp³-hybridized carbons (Fsp3) is 0.214. The van der Waals surface area contributed by atoms with E-state index in [0.29, 0.717) is 34.4 Å². The van der Waals surface area contributed by atoms with Crippen LogP contribution in [0.5, 0.6) is 0 Å². The van der Waals surface area contributed by atoms with Gasteiger partial charge in [-0.05, 0) is 19.1 Å². The summed E-state index contributed by atoms with van der Waals surface area (Å²) in [6.07, 6.45) is 1.44. The molecule has 20 heavy (non-hydrogen) atoms. The number of rotatable bonds is 4. The molecule has 0 aliphatic heterocycles. The average Bonchev–Trinajstić information content (AvgIpc) is 2.47. The normalized spacial score (nSPS) is 10.2. The highest BCUT2D eigenvalue weighted by molar-refractivity contribution is 6.33. The van der Waals surface area contributed by atoms with Crippen LogP contribution < -0.4 is 5.32 Å². The molecule has 0 aliphatic carbocycles. The predicted octanol–water partition coefficient (Wildman–Crippen LogP) is 3.02. The molecule has 0 fully saturated rings. The molecular formula is C14H14ClN3O2. The van der Waals surface area contributed by atoms with Crippen molar-refractivity contribution in [3.63, 3.8) is 0 Å². The topological polar surface area (TPSA) is 64.1 Å². The standard InChI is InChI=1S/C14H14ClN3O2/c1-3-20-14(19)10-8-17-13(18-12(10)16-2)9-6-4-5-7-11(9)15/h4-8H,3H2,1-2H3,(H,16,17,18). The van der Waals surface area contributed by atoms with Crippen molar-refractivity contribution in [2.24, 2.45) is 0 Å². The lowest BCUT2D eigenvalue weighted by molar-refractivity contribution is 0.0526. The van der Waals surface area contributed by atoms with Crippen LogP contribution in [0.25, 0.3) is 11.4 Å². The van der Waals surface area contributed by atoms with Crippen molar-refractivity contribution < 1.29 is 9.53 Å². The van der Waals surface area contributed by atoms with Crippen LogP contribution in [0.1, 0.15) is 17.3 Å². The molecule has 2 aromatic rings. The highest BCUT2D eigenvalue weighted by atomic mass is 35.5. The van der Waals surface area contributed by atoms with Gasteiger partial charge in [-0.15, -0.1) is 0 Å². The van der Waals surface area contributed by atoms with Gasteiger partial charge in [0.05, 0.1) is 11.6 Å². The van der Waals surface area contributed by atoms with Crippen LogP contribution in [-0.2, 0) is 4.74 Å². The SMILES string of the molecule is CCOC(=O)c1cnc(-c2ccccc2Cl)nc1NC. The number of ether oxygens (including phenoxy) is 1. The molecule has 6 heteroatoms. The minimum atomic E-state index is -0.456. The van der Waals surface area contributed by atoms with Crippen LogP contribution in [-0.4, -0.2) is 29.6 Å². The van der Waals surface area contributed by atoms with Crippen LogP contribution in [0.15, 0.2) is 30.5 Å². The van der Waals surface area contributed by atoms with Crippen LogP contribution in [0.3, 0.4) is 0 Å². The highest BCUT2D eigenvalue weighted by Gasteiger charge is 2.16. The Balaban J connectivity index is 2.45. The average molecular weight is 292 g/mol. The molecule has 0 atom stereocenters. The number of hydrogen-bond donors (Lipinski definition) is 1. The zero-order chi connectivity index (χ0) is 14.5. The van der Waals surface area contributed by atoms with Gasteiger partial charge < -0.3 is 10.1 Å². The first-order valence-corrected chi connectivity index (χ1v) is 6.52. The molecule has 0 amide bonds. The number of hydrogen-bond acceptors (Lipinski definition) is 5. The first-order chi connectivity index (χ1) is 9.67. The van der Waals surface area contributed by atoms with E-state index >= 15 is 0 Å². The number of halogens is 1. The van der Waals surface area contributed by atoms with Gasteiger partial charge in [-0.25, -0.2) is 14.8 Å². The third-order valence-electron chi connectivity index (χ3n) is 2.64. The summed E-state index contributed by atoms with van der Waals surface area (Å²) in [6, 6.07) is 7.26. The predicted molar refractivity (Wildman–Crippen MR) is 78.0 cm³/mol. The molecule has 1 N–H and O–H groups in total. The molecule has 1 heterocycles. The molecular weight excluding hydrogens is 278 g/mol. The number of carbonyl (C=O) groups is 1. The van der Waals surface area contributed by atoms with Crippen molar-refractivity contribution in [2.45, 2.75) is 6.92 Å². The van der Waals surface area contributed by atoms with Crippen molar-refractivity contribution in [3.05, 3.63) is 41.0 Å². The second kappa shape index (κ2) is 6.34. The Morgan fingerprint density at radius 2 is 2.15 bits per heavy atom. The Morgan fingerprint density at radius 1 is 1.40 bits per heavy atom. The van der Waals surface area contributed by atoms with Gasteiger partial charge >= 0.3 is 5.97 Å². The van der Waals surface area contributed by atoms with Gasteiger partial charge in [0, 0.05) is 18.8 Å². The summed E-state index contributed by atoms with van der Waals surface area (Å²) in [7, 11) is 1.68. The Kier molecular flexibility index (Phi) is 4.53. The van der Waals surface area contributed by atoms with Gasteiger partial charge in [-0.1, -0.05) is 23.7 Å². The van der Waals surface area contributed by atoms with Crippen LogP contribution >= 0.6 is 11.6 Å². The van der Waals surface area contributed by atoms with Crippen LogP contribution in [0.2, 0.25) is 5.02 Å². The quantitative estimate of drug-likeness (QED) is 0.877. The van der Waals surface area contributed by atoms with Crippen molar-refractivity contribution in [1.82, 2.24) is 9.97 Å². The minimum absolute atomic E-state index is 0.296. The van der Waals surface area contributed by atoms with E-state index in [1.807, 2.05) is 18.2 Å². The monoisotopic (exact) mass is 291 g/mol. The molecule has 0 saturated heterocycles. The lowest BCUT2D eigenvalue weighted by Crippen LogP contribution is -2.11. The first-order valence-electron chi connectivity index (χ1n) is 6.14. The molecule has 0 bridgehead atoms. The number of carbonyl (C=O) groups excluding carboxylic acids is 1. The summed E-state index contributed by atoms with van der Waals surface area (Å²) in [6.45, 7) is 2.05. The van der Waals surface area contributed by atoms with Crippen molar-refractivity contribution in [1.29, 1.82) is 0 Å². The fourth-order valence-corrected chi connectivity index (χ4v) is 1.92.